The Morgan fingerprint density at radius 3 is 1.18 bits per heavy atom. The first-order chi connectivity index (χ1) is 17.7. The van der Waals surface area contributed by atoms with Gasteiger partial charge in [-0.3, -0.25) is 0 Å². The average molecular weight is 615 g/mol. The molecule has 6 aromatic carbocycles. The third-order valence-electron chi connectivity index (χ3n) is 6.96. The fourth-order valence-corrected chi connectivity index (χ4v) is 4.95. The second kappa shape index (κ2) is 15.8. The van der Waals surface area contributed by atoms with Crippen molar-refractivity contribution < 1.29 is 49.0 Å². The van der Waals surface area contributed by atoms with E-state index in [2.05, 4.69) is 152 Å². The van der Waals surface area contributed by atoms with Crippen molar-refractivity contribution in [1.82, 2.24) is 0 Å². The predicted octanol–water partition coefficient (Wildman–Crippen LogP) is 3.39. The van der Waals surface area contributed by atoms with Crippen molar-refractivity contribution in [2.24, 2.45) is 0 Å². The number of hydrogen-bond donors (Lipinski definition) is 0. The molecule has 0 aromatic heterocycles. The third-order valence-corrected chi connectivity index (χ3v) is 6.96. The van der Waals surface area contributed by atoms with Crippen LogP contribution in [0.3, 0.4) is 0 Å². The zero-order valence-electron chi connectivity index (χ0n) is 21.8. The van der Waals surface area contributed by atoms with Crippen LogP contribution in [0.4, 0.5) is 0 Å². The minimum Gasteiger partial charge on any atom is -1.00 e. The predicted molar refractivity (Wildman–Crippen MR) is 154 cm³/mol. The Balaban J connectivity index is 0.000000239. The van der Waals surface area contributed by atoms with Gasteiger partial charge in [-0.05, 0) is 11.8 Å². The fourth-order valence-electron chi connectivity index (χ4n) is 4.95. The molecule has 6 rings (SSSR count). The van der Waals surface area contributed by atoms with Crippen LogP contribution >= 0.6 is 0 Å². The van der Waals surface area contributed by atoms with Gasteiger partial charge in [-0.15, -0.1) is 93.3 Å². The van der Waals surface area contributed by atoms with E-state index < -0.39 is 0 Å². The van der Waals surface area contributed by atoms with E-state index in [1.165, 1.54) is 68.0 Å². The summed E-state index contributed by atoms with van der Waals surface area (Å²) in [5.41, 5.74) is 5.60. The molecular formula is C35H32Cl2Zr-2. The number of rotatable bonds is 4. The van der Waals surface area contributed by atoms with Crippen LogP contribution in [-0.4, -0.2) is 4.21 Å². The Hall–Kier alpha value is -2.57. The summed E-state index contributed by atoms with van der Waals surface area (Å²) in [6, 6.07) is 47.5. The molecule has 0 spiro atoms. The molecule has 38 heavy (non-hydrogen) atoms. The van der Waals surface area contributed by atoms with E-state index in [1.54, 1.807) is 0 Å². The minimum absolute atomic E-state index is 0. The Bertz CT molecular complexity index is 1380. The fraction of sp³-hybridized carbons (Fsp3) is 0.114. The summed E-state index contributed by atoms with van der Waals surface area (Å²) in [5.74, 6) is 0.909. The molecule has 0 aliphatic carbocycles. The van der Waals surface area contributed by atoms with E-state index in [1.807, 2.05) is 0 Å². The zero-order valence-corrected chi connectivity index (χ0v) is 25.8. The van der Waals surface area contributed by atoms with E-state index >= 15 is 0 Å². The van der Waals surface area contributed by atoms with Crippen LogP contribution < -0.4 is 24.8 Å². The number of hydrogen-bond acceptors (Lipinski definition) is 0. The van der Waals surface area contributed by atoms with E-state index in [0.717, 1.165) is 0 Å². The van der Waals surface area contributed by atoms with E-state index in [-0.39, 0.29) is 24.8 Å². The second-order valence-corrected chi connectivity index (χ2v) is 9.02. The van der Waals surface area contributed by atoms with Crippen molar-refractivity contribution in [2.45, 2.75) is 25.7 Å². The van der Waals surface area contributed by atoms with Gasteiger partial charge in [0.05, 0.1) is 0 Å². The van der Waals surface area contributed by atoms with Crippen LogP contribution in [0.2, 0.25) is 0 Å². The number of fused-ring (bicyclic) bond motifs is 2. The molecular weight excluding hydrogens is 583 g/mol. The standard InChI is InChI=1S/2C17H15.CH2.2ClH.Zr/c2*1-13(14-7-3-2-4-8-14)16-12-11-15-9-5-6-10-17(15)16;;;;/h2*2-13H,1H3;1H2;2*1H;/q2*-1;;;;+2/p-2. The number of benzene rings is 4. The van der Waals surface area contributed by atoms with E-state index in [0.29, 0.717) is 11.8 Å². The van der Waals surface area contributed by atoms with Crippen LogP contribution in [0, 0.1) is 0 Å². The third kappa shape index (κ3) is 7.29. The van der Waals surface area contributed by atoms with Gasteiger partial charge in [-0.25, -0.2) is 0 Å². The second-order valence-electron chi connectivity index (χ2n) is 9.02. The van der Waals surface area contributed by atoms with Gasteiger partial charge in [0.1, 0.15) is 0 Å². The zero-order chi connectivity index (χ0) is 25.3. The molecule has 0 saturated heterocycles. The number of halogens is 2. The summed E-state index contributed by atoms with van der Waals surface area (Å²) in [7, 11) is 0. The quantitative estimate of drug-likeness (QED) is 0.267. The first-order valence-corrected chi connectivity index (χ1v) is 14.2. The molecule has 6 aromatic rings. The molecule has 0 saturated carbocycles. The molecule has 0 nitrogen and oxygen atoms in total. The normalized spacial score (nSPS) is 11.6. The maximum absolute atomic E-state index is 3.34. The van der Waals surface area contributed by atoms with Crippen LogP contribution in [-0.2, 0) is 24.2 Å². The molecule has 0 radical (unpaired) electrons. The van der Waals surface area contributed by atoms with Crippen LogP contribution in [0.25, 0.3) is 21.5 Å². The van der Waals surface area contributed by atoms with Crippen molar-refractivity contribution in [2.75, 3.05) is 0 Å². The molecule has 0 bridgehead atoms. The maximum Gasteiger partial charge on any atom is -1.00 e. The molecule has 2 unspecified atom stereocenters. The summed E-state index contributed by atoms with van der Waals surface area (Å²) in [4.78, 5) is 0. The molecule has 0 fully saturated rings. The molecule has 0 amide bonds. The SMILES string of the molecule is CC(c1ccccc1)c1c[cH-]c2ccccc12.CC(c1ccccc1)c1c[cH-]c2ccccc12.[CH2]=[Zr+2].[Cl-].[Cl-]. The Morgan fingerprint density at radius 2 is 0.816 bits per heavy atom. The van der Waals surface area contributed by atoms with Gasteiger partial charge in [0, 0.05) is 0 Å². The Morgan fingerprint density at radius 1 is 0.500 bits per heavy atom. The molecule has 0 aliphatic heterocycles. The topological polar surface area (TPSA) is 0 Å². The molecule has 0 N–H and O–H groups in total. The van der Waals surface area contributed by atoms with Gasteiger partial charge in [-0.2, -0.15) is 0 Å². The first kappa shape index (κ1) is 31.6. The van der Waals surface area contributed by atoms with Gasteiger partial charge in [-0.1, -0.05) is 97.8 Å². The van der Waals surface area contributed by atoms with Gasteiger partial charge >= 0.3 is 28.4 Å². The van der Waals surface area contributed by atoms with Crippen molar-refractivity contribution in [3.8, 4) is 0 Å². The van der Waals surface area contributed by atoms with E-state index in [9.17, 15) is 0 Å². The summed E-state index contributed by atoms with van der Waals surface area (Å²) in [6.45, 7) is 4.55. The first-order valence-electron chi connectivity index (χ1n) is 12.5. The summed E-state index contributed by atoms with van der Waals surface area (Å²) in [5, 5.41) is 5.43. The molecule has 192 valence electrons. The smallest absolute Gasteiger partial charge is 1.00 e. The minimum atomic E-state index is 0. The Kier molecular flexibility index (Phi) is 13.1. The van der Waals surface area contributed by atoms with E-state index in [4.69, 9.17) is 0 Å². The Labute approximate surface area is 254 Å². The van der Waals surface area contributed by atoms with Crippen LogP contribution in [0.5, 0.6) is 0 Å². The largest absolute Gasteiger partial charge is 1.00 e. The van der Waals surface area contributed by atoms with Gasteiger partial charge in [0.25, 0.3) is 0 Å². The average Bonchev–Trinajstić information content (AvgIpc) is 3.59. The van der Waals surface area contributed by atoms with Crippen LogP contribution in [0.15, 0.2) is 133 Å². The molecule has 0 aliphatic rings. The van der Waals surface area contributed by atoms with Gasteiger partial charge in [0.15, 0.2) is 0 Å². The maximum atomic E-state index is 3.34. The van der Waals surface area contributed by atoms with Crippen molar-refractivity contribution in [3.05, 3.63) is 156 Å². The monoisotopic (exact) mass is 612 g/mol. The summed E-state index contributed by atoms with van der Waals surface area (Å²) >= 11 is 1.30. The summed E-state index contributed by atoms with van der Waals surface area (Å²) in [6.07, 6.45) is 0. The van der Waals surface area contributed by atoms with Crippen molar-refractivity contribution in [3.63, 3.8) is 0 Å². The molecule has 3 heteroatoms. The van der Waals surface area contributed by atoms with Crippen molar-refractivity contribution in [1.29, 1.82) is 0 Å². The van der Waals surface area contributed by atoms with Gasteiger partial charge < -0.3 is 24.8 Å². The molecule has 2 atom stereocenters. The summed E-state index contributed by atoms with van der Waals surface area (Å²) < 4.78 is 3.34. The van der Waals surface area contributed by atoms with Gasteiger partial charge in [0.2, 0.25) is 0 Å². The molecule has 0 heterocycles. The van der Waals surface area contributed by atoms with Crippen molar-refractivity contribution >= 4 is 25.8 Å². The van der Waals surface area contributed by atoms with Crippen LogP contribution in [0.1, 0.15) is 47.9 Å².